The molecule has 1 heterocycles. The van der Waals surface area contributed by atoms with E-state index >= 15 is 0 Å². The number of aromatic nitrogens is 1. The molecule has 5 nitrogen and oxygen atoms in total. The quantitative estimate of drug-likeness (QED) is 0.101. The average Bonchev–Trinajstić information content (AvgIpc) is 2.78. The molecule has 0 aliphatic heterocycles. The summed E-state index contributed by atoms with van der Waals surface area (Å²) in [5, 5.41) is 11.9. The molecule has 186 valence electrons. The fourth-order valence-corrected chi connectivity index (χ4v) is 5.31. The van der Waals surface area contributed by atoms with Gasteiger partial charge in [0, 0.05) is 15.8 Å². The highest BCUT2D eigenvalue weighted by Gasteiger charge is 2.31. The maximum absolute atomic E-state index is 11.2. The van der Waals surface area contributed by atoms with E-state index in [1.165, 1.54) is 70.4 Å². The predicted molar refractivity (Wildman–Crippen MR) is 144 cm³/mol. The smallest absolute Gasteiger partial charge is 0.306 e. The highest BCUT2D eigenvalue weighted by atomic mass is 79.9. The van der Waals surface area contributed by atoms with Crippen LogP contribution in [-0.2, 0) is 4.74 Å². The van der Waals surface area contributed by atoms with Gasteiger partial charge in [-0.1, -0.05) is 92.7 Å². The molecule has 0 atom stereocenters. The third-order valence-electron chi connectivity index (χ3n) is 6.88. The molecule has 2 aromatic rings. The van der Waals surface area contributed by atoms with E-state index in [2.05, 4.69) is 40.8 Å². The van der Waals surface area contributed by atoms with E-state index < -0.39 is 4.92 Å². The molecule has 1 aromatic heterocycles. The van der Waals surface area contributed by atoms with Gasteiger partial charge < -0.3 is 4.74 Å². The van der Waals surface area contributed by atoms with Crippen LogP contribution in [0.4, 0.5) is 5.69 Å². The number of nitro groups is 1. The minimum atomic E-state index is -0.506. The molecule has 0 spiro atoms. The molecular weight excluding hydrogens is 516 g/mol. The molecule has 0 radical (unpaired) electrons. The molecule has 0 unspecified atom stereocenters. The monoisotopic (exact) mass is 550 g/mol. The lowest BCUT2D eigenvalue weighted by Gasteiger charge is -2.36. The van der Waals surface area contributed by atoms with Crippen molar-refractivity contribution in [3.63, 3.8) is 0 Å². The summed E-state index contributed by atoms with van der Waals surface area (Å²) in [6, 6.07) is 3.74. The Kier molecular flexibility index (Phi) is 10.6. The van der Waals surface area contributed by atoms with Crippen LogP contribution in [0.1, 0.15) is 90.0 Å². The van der Waals surface area contributed by atoms with Crippen molar-refractivity contribution in [2.45, 2.75) is 84.5 Å². The average molecular weight is 552 g/mol. The van der Waals surface area contributed by atoms with Crippen LogP contribution in [0.2, 0.25) is 5.02 Å². The zero-order valence-electron chi connectivity index (χ0n) is 20.3. The Balaban J connectivity index is 1.69. The van der Waals surface area contributed by atoms with Crippen molar-refractivity contribution in [1.29, 1.82) is 0 Å². The summed E-state index contributed by atoms with van der Waals surface area (Å²) in [4.78, 5) is 15.0. The van der Waals surface area contributed by atoms with E-state index in [9.17, 15) is 10.1 Å². The summed E-state index contributed by atoms with van der Waals surface area (Å²) < 4.78 is 7.16. The summed E-state index contributed by atoms with van der Waals surface area (Å²) in [7, 11) is 0. The lowest BCUT2D eigenvalue weighted by molar-refractivity contribution is -0.384. The molecule has 3 rings (SSSR count). The first kappa shape index (κ1) is 26.9. The highest BCUT2D eigenvalue weighted by molar-refractivity contribution is 9.10. The zero-order chi connectivity index (χ0) is 24.5. The minimum Gasteiger partial charge on any atom is -0.498 e. The molecular formula is C27H36BrClN2O3. The second-order valence-electron chi connectivity index (χ2n) is 9.42. The Morgan fingerprint density at radius 1 is 1.18 bits per heavy atom. The highest BCUT2D eigenvalue weighted by Crippen LogP contribution is 2.42. The molecule has 1 aliphatic rings. The van der Waals surface area contributed by atoms with Crippen molar-refractivity contribution >= 4 is 50.2 Å². The van der Waals surface area contributed by atoms with Crippen molar-refractivity contribution in [3.8, 4) is 0 Å². The normalized spacial score (nSPS) is 18.2. The van der Waals surface area contributed by atoms with Crippen LogP contribution >= 0.6 is 27.5 Å². The Morgan fingerprint density at radius 3 is 2.50 bits per heavy atom. The molecule has 34 heavy (non-hydrogen) atoms. The van der Waals surface area contributed by atoms with Gasteiger partial charge in [-0.15, -0.1) is 0 Å². The van der Waals surface area contributed by atoms with Crippen molar-refractivity contribution < 1.29 is 9.66 Å². The Morgan fingerprint density at radius 2 is 1.85 bits per heavy atom. The number of ether oxygens (including phenoxy) is 1. The second-order valence-corrected chi connectivity index (χ2v) is 10.7. The Labute approximate surface area is 216 Å². The number of nitrogens with zero attached hydrogens (tertiary/aromatic N) is 2. The van der Waals surface area contributed by atoms with Crippen molar-refractivity contribution in [2.75, 3.05) is 6.61 Å². The topological polar surface area (TPSA) is 65.3 Å². The molecule has 1 fully saturated rings. The Hall–Kier alpha value is -1.66. The van der Waals surface area contributed by atoms with Gasteiger partial charge in [-0.25, -0.2) is 4.98 Å². The van der Waals surface area contributed by atoms with E-state index in [-0.39, 0.29) is 10.7 Å². The zero-order valence-corrected chi connectivity index (χ0v) is 22.7. The molecule has 1 aromatic carbocycles. The van der Waals surface area contributed by atoms with E-state index in [0.29, 0.717) is 16.8 Å². The van der Waals surface area contributed by atoms with E-state index in [0.717, 1.165) is 34.7 Å². The number of unbranched alkanes of at least 4 members (excludes halogenated alkanes) is 7. The fourth-order valence-electron chi connectivity index (χ4n) is 4.58. The van der Waals surface area contributed by atoms with E-state index in [1.54, 1.807) is 0 Å². The van der Waals surface area contributed by atoms with Gasteiger partial charge in [-0.3, -0.25) is 10.1 Å². The summed E-state index contributed by atoms with van der Waals surface area (Å²) in [5.74, 6) is 2.27. The number of hydrogen-bond acceptors (Lipinski definition) is 4. The SMILES string of the molecule is CCCCCCCCCCO/C(=C/c1cc2ncc([N+](=O)[O-])c(Cl)c2cc1Br)C1CC(CC)C1. The number of halogens is 2. The molecule has 7 heteroatoms. The number of fused-ring (bicyclic) bond motifs is 1. The van der Waals surface area contributed by atoms with Crippen LogP contribution in [0.5, 0.6) is 0 Å². The minimum absolute atomic E-state index is 0.113. The summed E-state index contributed by atoms with van der Waals surface area (Å²) in [5.41, 5.74) is 1.40. The molecule has 0 saturated heterocycles. The van der Waals surface area contributed by atoms with Crippen LogP contribution < -0.4 is 0 Å². The van der Waals surface area contributed by atoms with E-state index in [4.69, 9.17) is 16.3 Å². The van der Waals surface area contributed by atoms with Crippen molar-refractivity contribution in [1.82, 2.24) is 4.98 Å². The van der Waals surface area contributed by atoms with Gasteiger partial charge >= 0.3 is 5.69 Å². The second kappa shape index (κ2) is 13.4. The fraction of sp³-hybridized carbons (Fsp3) is 0.593. The first-order chi connectivity index (χ1) is 16.4. The van der Waals surface area contributed by atoms with Crippen LogP contribution in [-0.4, -0.2) is 16.5 Å². The summed E-state index contributed by atoms with van der Waals surface area (Å²) in [6.07, 6.45) is 17.1. The lowest BCUT2D eigenvalue weighted by Crippen LogP contribution is -2.25. The van der Waals surface area contributed by atoms with Gasteiger partial charge in [0.2, 0.25) is 0 Å². The van der Waals surface area contributed by atoms with Gasteiger partial charge in [0.25, 0.3) is 0 Å². The molecule has 1 saturated carbocycles. The lowest BCUT2D eigenvalue weighted by atomic mass is 9.72. The van der Waals surface area contributed by atoms with Crippen LogP contribution in [0, 0.1) is 22.0 Å². The van der Waals surface area contributed by atoms with Crippen LogP contribution in [0.25, 0.3) is 17.0 Å². The largest absolute Gasteiger partial charge is 0.498 e. The van der Waals surface area contributed by atoms with Crippen LogP contribution in [0.3, 0.4) is 0 Å². The molecule has 0 amide bonds. The van der Waals surface area contributed by atoms with Gasteiger partial charge in [0.05, 0.1) is 22.8 Å². The Bertz CT molecular complexity index is 1010. The standard InChI is InChI=1S/C27H36BrClN2O3/c1-3-5-6-7-8-9-10-11-12-34-26(21-13-19(4-2)14-21)16-20-15-24-22(17-23(20)28)27(29)25(18-30-24)31(32)33/h15-19,21H,3-14H2,1-2H3/b26-16+. The number of benzene rings is 1. The first-order valence-electron chi connectivity index (χ1n) is 12.7. The van der Waals surface area contributed by atoms with Gasteiger partial charge in [0.15, 0.2) is 0 Å². The molecule has 1 aliphatic carbocycles. The third kappa shape index (κ3) is 7.17. The van der Waals surface area contributed by atoms with Crippen molar-refractivity contribution in [2.24, 2.45) is 11.8 Å². The van der Waals surface area contributed by atoms with Crippen molar-refractivity contribution in [3.05, 3.63) is 49.3 Å². The maximum Gasteiger partial charge on any atom is 0.306 e. The van der Waals surface area contributed by atoms with Gasteiger partial charge in [-0.05, 0) is 49.0 Å². The number of pyridine rings is 1. The van der Waals surface area contributed by atoms with E-state index in [1.807, 2.05) is 12.1 Å². The molecule has 0 N–H and O–H groups in total. The number of allylic oxidation sites excluding steroid dienone is 1. The van der Waals surface area contributed by atoms with Crippen LogP contribution in [0.15, 0.2) is 28.6 Å². The number of hydrogen-bond donors (Lipinski definition) is 0. The number of rotatable bonds is 14. The predicted octanol–water partition coefficient (Wildman–Crippen LogP) is 9.49. The third-order valence-corrected chi connectivity index (χ3v) is 7.96. The molecule has 0 bridgehead atoms. The van der Waals surface area contributed by atoms with Gasteiger partial charge in [-0.2, -0.15) is 0 Å². The summed E-state index contributed by atoms with van der Waals surface area (Å²) >= 11 is 9.91. The van der Waals surface area contributed by atoms with Gasteiger partial charge in [0.1, 0.15) is 11.2 Å². The summed E-state index contributed by atoms with van der Waals surface area (Å²) in [6.45, 7) is 5.25. The first-order valence-corrected chi connectivity index (χ1v) is 13.9. The maximum atomic E-state index is 11.2.